The van der Waals surface area contributed by atoms with E-state index in [1.54, 1.807) is 0 Å². The predicted octanol–water partition coefficient (Wildman–Crippen LogP) is 3.32. The number of aromatic nitrogens is 3. The molecule has 1 atom stereocenters. The summed E-state index contributed by atoms with van der Waals surface area (Å²) in [5.41, 5.74) is 8.93. The summed E-state index contributed by atoms with van der Waals surface area (Å²) in [6.45, 7) is 8.68. The van der Waals surface area contributed by atoms with Gasteiger partial charge in [0.05, 0.1) is 0 Å². The number of hydrogen-bond donors (Lipinski definition) is 1. The van der Waals surface area contributed by atoms with Gasteiger partial charge in [0.2, 0.25) is 5.95 Å². The van der Waals surface area contributed by atoms with E-state index in [4.69, 9.17) is 5.73 Å². The second-order valence-electron chi connectivity index (χ2n) is 5.52. The van der Waals surface area contributed by atoms with Crippen LogP contribution < -0.4 is 5.73 Å². The number of anilines is 1. The Bertz CT molecular complexity index is 542. The molecular weight excluding hydrogens is 224 g/mol. The second-order valence-corrected chi connectivity index (χ2v) is 5.52. The Hall–Kier alpha value is -1.58. The second kappa shape index (κ2) is 4.96. The van der Waals surface area contributed by atoms with Gasteiger partial charge >= 0.3 is 0 Å². The first kappa shape index (κ1) is 12.9. The SMILES string of the molecule is Cc1cnc2c(c1)nc(N)n2C(C)CCC(C)C. The van der Waals surface area contributed by atoms with Gasteiger partial charge in [0, 0.05) is 12.2 Å². The smallest absolute Gasteiger partial charge is 0.202 e. The lowest BCUT2D eigenvalue weighted by Crippen LogP contribution is -2.10. The number of pyridine rings is 1. The molecule has 0 fully saturated rings. The molecule has 0 aliphatic carbocycles. The van der Waals surface area contributed by atoms with Crippen molar-refractivity contribution < 1.29 is 0 Å². The van der Waals surface area contributed by atoms with Crippen molar-refractivity contribution in [2.75, 3.05) is 5.73 Å². The highest BCUT2D eigenvalue weighted by Gasteiger charge is 2.15. The van der Waals surface area contributed by atoms with Gasteiger partial charge in [-0.25, -0.2) is 9.97 Å². The third kappa shape index (κ3) is 2.47. The van der Waals surface area contributed by atoms with Crippen LogP contribution in [0.4, 0.5) is 5.95 Å². The third-order valence-corrected chi connectivity index (χ3v) is 3.30. The van der Waals surface area contributed by atoms with Gasteiger partial charge in [-0.1, -0.05) is 13.8 Å². The molecule has 2 heterocycles. The summed E-state index contributed by atoms with van der Waals surface area (Å²) < 4.78 is 2.05. The maximum Gasteiger partial charge on any atom is 0.202 e. The van der Waals surface area contributed by atoms with Crippen molar-refractivity contribution in [1.29, 1.82) is 0 Å². The van der Waals surface area contributed by atoms with Crippen LogP contribution in [0.3, 0.4) is 0 Å². The molecule has 0 spiro atoms. The van der Waals surface area contributed by atoms with Crippen molar-refractivity contribution in [3.8, 4) is 0 Å². The number of hydrogen-bond acceptors (Lipinski definition) is 3. The molecule has 18 heavy (non-hydrogen) atoms. The third-order valence-electron chi connectivity index (χ3n) is 3.30. The Balaban J connectivity index is 2.34. The number of imidazole rings is 1. The van der Waals surface area contributed by atoms with Crippen molar-refractivity contribution >= 4 is 17.1 Å². The fraction of sp³-hybridized carbons (Fsp3) is 0.571. The molecule has 0 saturated heterocycles. The fourth-order valence-electron chi connectivity index (χ4n) is 2.24. The highest BCUT2D eigenvalue weighted by Crippen LogP contribution is 2.25. The average Bonchev–Trinajstić information content (AvgIpc) is 2.61. The van der Waals surface area contributed by atoms with E-state index in [0.717, 1.165) is 23.1 Å². The normalized spacial score (nSPS) is 13.4. The monoisotopic (exact) mass is 246 g/mol. The predicted molar refractivity (Wildman–Crippen MR) is 75.5 cm³/mol. The maximum atomic E-state index is 6.02. The van der Waals surface area contributed by atoms with Gasteiger partial charge in [0.15, 0.2) is 5.65 Å². The van der Waals surface area contributed by atoms with Crippen molar-refractivity contribution in [1.82, 2.24) is 14.5 Å². The molecule has 1 unspecified atom stereocenters. The minimum Gasteiger partial charge on any atom is -0.369 e. The van der Waals surface area contributed by atoms with Crippen LogP contribution >= 0.6 is 0 Å². The average molecular weight is 246 g/mol. The number of aryl methyl sites for hydroxylation is 1. The molecule has 0 aromatic carbocycles. The van der Waals surface area contributed by atoms with Crippen molar-refractivity contribution in [2.24, 2.45) is 5.92 Å². The Morgan fingerprint density at radius 1 is 1.28 bits per heavy atom. The molecule has 0 amide bonds. The zero-order valence-corrected chi connectivity index (χ0v) is 11.6. The van der Waals surface area contributed by atoms with Gasteiger partial charge < -0.3 is 5.73 Å². The Kier molecular flexibility index (Phi) is 3.55. The topological polar surface area (TPSA) is 56.7 Å². The lowest BCUT2D eigenvalue weighted by molar-refractivity contribution is 0.448. The molecule has 0 radical (unpaired) electrons. The number of nitrogens with two attached hydrogens (primary N) is 1. The minimum atomic E-state index is 0.340. The Morgan fingerprint density at radius 3 is 2.67 bits per heavy atom. The van der Waals surface area contributed by atoms with Gasteiger partial charge in [0.1, 0.15) is 5.52 Å². The van der Waals surface area contributed by atoms with Crippen LogP contribution in [-0.4, -0.2) is 14.5 Å². The molecule has 0 aliphatic rings. The van der Waals surface area contributed by atoms with Gasteiger partial charge in [-0.15, -0.1) is 0 Å². The fourth-order valence-corrected chi connectivity index (χ4v) is 2.24. The van der Waals surface area contributed by atoms with Gasteiger partial charge in [-0.05, 0) is 44.2 Å². The molecule has 2 aromatic rings. The van der Waals surface area contributed by atoms with Crippen molar-refractivity contribution in [3.63, 3.8) is 0 Å². The number of fused-ring (bicyclic) bond motifs is 1. The number of nitrogen functional groups attached to an aromatic ring is 1. The standard InChI is InChI=1S/C14H22N4/c1-9(2)5-6-11(4)18-13-12(17-14(18)15)7-10(3)8-16-13/h7-9,11H,5-6H2,1-4H3,(H2,15,17). The van der Waals surface area contributed by atoms with Gasteiger partial charge in [-0.3, -0.25) is 4.57 Å². The van der Waals surface area contributed by atoms with Gasteiger partial charge in [-0.2, -0.15) is 0 Å². The molecular formula is C14H22N4. The summed E-state index contributed by atoms with van der Waals surface area (Å²) in [5, 5.41) is 0. The lowest BCUT2D eigenvalue weighted by Gasteiger charge is -2.16. The summed E-state index contributed by atoms with van der Waals surface area (Å²) in [5.74, 6) is 1.28. The molecule has 2 N–H and O–H groups in total. The van der Waals surface area contributed by atoms with E-state index in [2.05, 4.69) is 35.3 Å². The van der Waals surface area contributed by atoms with Crippen LogP contribution in [0, 0.1) is 12.8 Å². The molecule has 2 rings (SSSR count). The molecule has 0 bridgehead atoms. The zero-order valence-electron chi connectivity index (χ0n) is 11.6. The van der Waals surface area contributed by atoms with Crippen LogP contribution in [-0.2, 0) is 0 Å². The van der Waals surface area contributed by atoms with E-state index in [1.807, 2.05) is 19.2 Å². The molecule has 98 valence electrons. The summed E-state index contributed by atoms with van der Waals surface area (Å²) in [6.07, 6.45) is 4.16. The summed E-state index contributed by atoms with van der Waals surface area (Å²) in [7, 11) is 0. The summed E-state index contributed by atoms with van der Waals surface area (Å²) in [4.78, 5) is 8.87. The van der Waals surface area contributed by atoms with Crippen LogP contribution in [0.25, 0.3) is 11.2 Å². The Morgan fingerprint density at radius 2 is 2.00 bits per heavy atom. The zero-order chi connectivity index (χ0) is 13.3. The van der Waals surface area contributed by atoms with E-state index in [0.29, 0.717) is 17.9 Å². The summed E-state index contributed by atoms with van der Waals surface area (Å²) in [6, 6.07) is 2.37. The Labute approximate surface area is 108 Å². The van der Waals surface area contributed by atoms with E-state index < -0.39 is 0 Å². The highest BCUT2D eigenvalue weighted by atomic mass is 15.2. The van der Waals surface area contributed by atoms with Crippen LogP contribution in [0.1, 0.15) is 45.2 Å². The van der Waals surface area contributed by atoms with E-state index in [-0.39, 0.29) is 0 Å². The largest absolute Gasteiger partial charge is 0.369 e. The van der Waals surface area contributed by atoms with E-state index >= 15 is 0 Å². The number of rotatable bonds is 4. The first-order chi connectivity index (χ1) is 8.49. The molecule has 4 nitrogen and oxygen atoms in total. The number of nitrogens with zero attached hydrogens (tertiary/aromatic N) is 3. The van der Waals surface area contributed by atoms with Crippen molar-refractivity contribution in [3.05, 3.63) is 17.8 Å². The van der Waals surface area contributed by atoms with Gasteiger partial charge in [0.25, 0.3) is 0 Å². The maximum absolute atomic E-state index is 6.02. The van der Waals surface area contributed by atoms with E-state index in [1.165, 1.54) is 6.42 Å². The summed E-state index contributed by atoms with van der Waals surface area (Å²) >= 11 is 0. The highest BCUT2D eigenvalue weighted by molar-refractivity contribution is 5.74. The van der Waals surface area contributed by atoms with Crippen LogP contribution in [0.2, 0.25) is 0 Å². The molecule has 0 aliphatic heterocycles. The van der Waals surface area contributed by atoms with E-state index in [9.17, 15) is 0 Å². The van der Waals surface area contributed by atoms with Crippen molar-refractivity contribution in [2.45, 2.75) is 46.6 Å². The van der Waals surface area contributed by atoms with Crippen LogP contribution in [0.15, 0.2) is 12.3 Å². The molecule has 0 saturated carbocycles. The first-order valence-corrected chi connectivity index (χ1v) is 6.59. The quantitative estimate of drug-likeness (QED) is 0.900. The lowest BCUT2D eigenvalue weighted by atomic mass is 10.0. The molecule has 2 aromatic heterocycles. The van der Waals surface area contributed by atoms with Crippen LogP contribution in [0.5, 0.6) is 0 Å². The first-order valence-electron chi connectivity index (χ1n) is 6.59. The minimum absolute atomic E-state index is 0.340. The molecule has 4 heteroatoms.